The molecule has 1 aliphatic rings. The summed E-state index contributed by atoms with van der Waals surface area (Å²) in [4.78, 5) is 0. The van der Waals surface area contributed by atoms with Crippen LogP contribution in [0.1, 0.15) is 114 Å². The van der Waals surface area contributed by atoms with Crippen LogP contribution in [0.15, 0.2) is 23.3 Å². The zero-order chi connectivity index (χ0) is 19.8. The summed E-state index contributed by atoms with van der Waals surface area (Å²) in [5.74, 6) is 3.37. The molecule has 0 atom stereocenters. The Morgan fingerprint density at radius 3 is 1.54 bits per heavy atom. The van der Waals surface area contributed by atoms with Crippen LogP contribution in [-0.4, -0.2) is 0 Å². The van der Waals surface area contributed by atoms with E-state index in [1.54, 1.807) is 5.57 Å². The number of allylic oxidation sites excluding steroid dienone is 4. The molecule has 1 rings (SSSR count). The van der Waals surface area contributed by atoms with Gasteiger partial charge >= 0.3 is 0 Å². The van der Waals surface area contributed by atoms with Gasteiger partial charge < -0.3 is 0 Å². The SMILES string of the molecule is C#CCC.CC.CCC.CCC(C)CC.CCC1=CC=C(C)CC1. The third kappa shape index (κ3) is 32.8. The monoisotopic (exact) mass is 336 g/mol. The third-order valence-corrected chi connectivity index (χ3v) is 3.50. The third-order valence-electron chi connectivity index (χ3n) is 3.50. The molecule has 1 aliphatic carbocycles. The van der Waals surface area contributed by atoms with Gasteiger partial charge in [-0.3, -0.25) is 0 Å². The van der Waals surface area contributed by atoms with E-state index in [4.69, 9.17) is 6.42 Å². The van der Waals surface area contributed by atoms with E-state index >= 15 is 0 Å². The second kappa shape index (κ2) is 30.0. The van der Waals surface area contributed by atoms with E-state index < -0.39 is 0 Å². The maximum absolute atomic E-state index is 4.78. The number of hydrogen-bond donors (Lipinski definition) is 0. The van der Waals surface area contributed by atoms with Gasteiger partial charge in [-0.15, -0.1) is 12.3 Å². The fourth-order valence-electron chi connectivity index (χ4n) is 1.37. The van der Waals surface area contributed by atoms with Crippen LogP contribution in [0.5, 0.6) is 0 Å². The minimum Gasteiger partial charge on any atom is -0.120 e. The molecule has 0 heteroatoms. The van der Waals surface area contributed by atoms with Gasteiger partial charge in [-0.05, 0) is 32.1 Å². The normalized spacial score (nSPS) is 11.4. The predicted octanol–water partition coefficient (Wildman–Crippen LogP) is 8.98. The van der Waals surface area contributed by atoms with Gasteiger partial charge in [0.05, 0.1) is 0 Å². The van der Waals surface area contributed by atoms with E-state index in [0.29, 0.717) is 0 Å². The average Bonchev–Trinajstić information content (AvgIpc) is 2.64. The van der Waals surface area contributed by atoms with Gasteiger partial charge in [0.1, 0.15) is 0 Å². The molecule has 24 heavy (non-hydrogen) atoms. The fraction of sp³-hybridized carbons (Fsp3) is 0.750. The summed E-state index contributed by atoms with van der Waals surface area (Å²) in [6.07, 6.45) is 17.8. The molecule has 144 valence electrons. The zero-order valence-corrected chi connectivity index (χ0v) is 18.8. The molecule has 0 aromatic heterocycles. The van der Waals surface area contributed by atoms with Gasteiger partial charge in [-0.2, -0.15) is 0 Å². The molecule has 0 bridgehead atoms. The Bertz CT molecular complexity index is 294. The summed E-state index contributed by atoms with van der Waals surface area (Å²) < 4.78 is 0. The van der Waals surface area contributed by atoms with Gasteiger partial charge in [-0.25, -0.2) is 0 Å². The van der Waals surface area contributed by atoms with Crippen LogP contribution in [0.3, 0.4) is 0 Å². The molecule has 0 saturated heterocycles. The molecule has 0 nitrogen and oxygen atoms in total. The fourth-order valence-corrected chi connectivity index (χ4v) is 1.37. The predicted molar refractivity (Wildman–Crippen MR) is 118 cm³/mol. The molecular formula is C24H48. The van der Waals surface area contributed by atoms with Crippen LogP contribution in [-0.2, 0) is 0 Å². The molecule has 0 aromatic rings. The molecule has 0 unspecified atom stereocenters. The molecular weight excluding hydrogens is 288 g/mol. The highest BCUT2D eigenvalue weighted by molar-refractivity contribution is 5.22. The van der Waals surface area contributed by atoms with Gasteiger partial charge in [0.2, 0.25) is 0 Å². The second-order valence-corrected chi connectivity index (χ2v) is 5.88. The molecule has 0 aromatic carbocycles. The van der Waals surface area contributed by atoms with E-state index in [1.165, 1.54) is 44.1 Å². The van der Waals surface area contributed by atoms with Crippen molar-refractivity contribution in [3.05, 3.63) is 23.3 Å². The molecule has 0 fully saturated rings. The lowest BCUT2D eigenvalue weighted by molar-refractivity contribution is 0.544. The lowest BCUT2D eigenvalue weighted by atomic mass is 9.98. The molecule has 0 aliphatic heterocycles. The molecule has 0 radical (unpaired) electrons. The molecule has 0 amide bonds. The van der Waals surface area contributed by atoms with Crippen LogP contribution in [0, 0.1) is 18.3 Å². The van der Waals surface area contributed by atoms with Gasteiger partial charge in [0.25, 0.3) is 0 Å². The van der Waals surface area contributed by atoms with Crippen LogP contribution in [0.4, 0.5) is 0 Å². The van der Waals surface area contributed by atoms with Crippen molar-refractivity contribution < 1.29 is 0 Å². The number of rotatable bonds is 3. The van der Waals surface area contributed by atoms with Crippen LogP contribution >= 0.6 is 0 Å². The molecule has 0 heterocycles. The number of hydrogen-bond acceptors (Lipinski definition) is 0. The Hall–Kier alpha value is -0.960. The van der Waals surface area contributed by atoms with Gasteiger partial charge in [0.15, 0.2) is 0 Å². The topological polar surface area (TPSA) is 0 Å². The number of terminal acetylenes is 1. The smallest absolute Gasteiger partial charge is 0.00576 e. The summed E-state index contributed by atoms with van der Waals surface area (Å²) in [6, 6.07) is 0. The van der Waals surface area contributed by atoms with E-state index in [-0.39, 0.29) is 0 Å². The molecule has 0 saturated carbocycles. The standard InChI is InChI=1S/C9H14.C6H14.C4H6.C3H8.C2H6/c1-3-9-6-4-8(2)5-7-9;1-4-6(3)5-2;1-3-4-2;1-3-2;1-2/h4,6H,3,5,7H2,1-2H3;6H,4-5H2,1-3H3;1H,4H2,2H3;3H2,1-2H3;1-2H3. The van der Waals surface area contributed by atoms with Crippen molar-refractivity contribution in [1.82, 2.24) is 0 Å². The van der Waals surface area contributed by atoms with Crippen molar-refractivity contribution in [3.63, 3.8) is 0 Å². The molecule has 0 spiro atoms. The van der Waals surface area contributed by atoms with Crippen molar-refractivity contribution in [1.29, 1.82) is 0 Å². The van der Waals surface area contributed by atoms with E-state index in [1.807, 2.05) is 20.8 Å². The average molecular weight is 337 g/mol. The quantitative estimate of drug-likeness (QED) is 0.451. The first kappa shape index (κ1) is 30.9. The highest BCUT2D eigenvalue weighted by Gasteiger charge is 1.99. The van der Waals surface area contributed by atoms with Gasteiger partial charge in [-0.1, -0.05) is 105 Å². The Balaban J connectivity index is -0.000000117. The van der Waals surface area contributed by atoms with E-state index in [2.05, 4.69) is 66.5 Å². The van der Waals surface area contributed by atoms with Crippen molar-refractivity contribution >= 4 is 0 Å². The lowest BCUT2D eigenvalue weighted by Gasteiger charge is -2.08. The van der Waals surface area contributed by atoms with E-state index in [9.17, 15) is 0 Å². The highest BCUT2D eigenvalue weighted by Crippen LogP contribution is 2.19. The van der Waals surface area contributed by atoms with Crippen molar-refractivity contribution in [3.8, 4) is 12.3 Å². The first-order valence-corrected chi connectivity index (χ1v) is 10.3. The summed E-state index contributed by atoms with van der Waals surface area (Å²) in [5.41, 5.74) is 3.12. The van der Waals surface area contributed by atoms with Crippen molar-refractivity contribution in [2.24, 2.45) is 5.92 Å². The first-order chi connectivity index (χ1) is 11.5. The maximum atomic E-state index is 4.78. The van der Waals surface area contributed by atoms with Crippen molar-refractivity contribution in [2.45, 2.75) is 114 Å². The van der Waals surface area contributed by atoms with Crippen molar-refractivity contribution in [2.75, 3.05) is 0 Å². The maximum Gasteiger partial charge on any atom is 0.00576 e. The Labute approximate surface area is 156 Å². The summed E-state index contributed by atoms with van der Waals surface area (Å²) in [5, 5.41) is 0. The van der Waals surface area contributed by atoms with Crippen LogP contribution in [0.25, 0.3) is 0 Å². The Kier molecular flexibility index (Phi) is 38.6. The summed E-state index contributed by atoms with van der Waals surface area (Å²) in [6.45, 7) is 21.4. The Morgan fingerprint density at radius 1 is 0.958 bits per heavy atom. The first-order valence-electron chi connectivity index (χ1n) is 10.3. The highest BCUT2D eigenvalue weighted by atomic mass is 14.0. The second-order valence-electron chi connectivity index (χ2n) is 5.88. The van der Waals surface area contributed by atoms with Crippen LogP contribution < -0.4 is 0 Å². The summed E-state index contributed by atoms with van der Waals surface area (Å²) >= 11 is 0. The van der Waals surface area contributed by atoms with Gasteiger partial charge in [0, 0.05) is 6.42 Å². The largest absolute Gasteiger partial charge is 0.120 e. The lowest BCUT2D eigenvalue weighted by Crippen LogP contribution is -1.88. The minimum atomic E-state index is 0.847. The van der Waals surface area contributed by atoms with E-state index in [0.717, 1.165) is 12.3 Å². The summed E-state index contributed by atoms with van der Waals surface area (Å²) in [7, 11) is 0. The molecule has 0 N–H and O–H groups in total. The Morgan fingerprint density at radius 2 is 1.38 bits per heavy atom. The van der Waals surface area contributed by atoms with Crippen LogP contribution in [0.2, 0.25) is 0 Å². The minimum absolute atomic E-state index is 0.847. The zero-order valence-electron chi connectivity index (χ0n) is 18.8.